The first-order valence-corrected chi connectivity index (χ1v) is 17.8. The van der Waals surface area contributed by atoms with Gasteiger partial charge in [-0.25, -0.2) is 0 Å². The monoisotopic (exact) mass is 647 g/mol. The minimum Gasteiger partial charge on any atom is -0.456 e. The normalized spacial score (nSPS) is 14.9. The van der Waals surface area contributed by atoms with Crippen molar-refractivity contribution in [2.45, 2.75) is 0 Å². The molecule has 6 aromatic carbocycles. The summed E-state index contributed by atoms with van der Waals surface area (Å²) in [5.41, 5.74) is 11.6. The smallest absolute Gasteiger partial charge is 0.148 e. The summed E-state index contributed by atoms with van der Waals surface area (Å²) >= 11 is 0. The number of furan rings is 2. The fraction of sp³-hybridized carbons (Fsp3) is 0. The average Bonchev–Trinajstić information content (AvgIpc) is 3.75. The summed E-state index contributed by atoms with van der Waals surface area (Å²) < 4.78 is 12.9. The van der Waals surface area contributed by atoms with E-state index in [9.17, 15) is 0 Å². The van der Waals surface area contributed by atoms with Gasteiger partial charge < -0.3 is 13.7 Å². The predicted octanol–water partition coefficient (Wildman–Crippen LogP) is 13.0. The Bertz CT molecular complexity index is 2710. The fourth-order valence-corrected chi connectivity index (χ4v) is 8.77. The Morgan fingerprint density at radius 2 is 1.22 bits per heavy atom. The Morgan fingerprint density at radius 1 is 0.490 bits per heavy atom. The molecule has 2 aromatic heterocycles. The molecular weight excluding hydrogens is 619 g/mol. The molecule has 0 radical (unpaired) electrons. The van der Waals surface area contributed by atoms with Gasteiger partial charge in [-0.2, -0.15) is 0 Å². The van der Waals surface area contributed by atoms with Crippen LogP contribution in [0.15, 0.2) is 177 Å². The number of fused-ring (bicyclic) bond motifs is 7. The van der Waals surface area contributed by atoms with Crippen LogP contribution < -0.4 is 4.90 Å². The van der Waals surface area contributed by atoms with Crippen LogP contribution in [0.3, 0.4) is 0 Å². The van der Waals surface area contributed by atoms with E-state index in [1.807, 2.05) is 12.1 Å². The zero-order valence-corrected chi connectivity index (χ0v) is 27.2. The number of para-hydroxylation sites is 1. The summed E-state index contributed by atoms with van der Waals surface area (Å²) in [6, 6.07) is 49.3. The van der Waals surface area contributed by atoms with Gasteiger partial charge in [-0.1, -0.05) is 103 Å². The predicted molar refractivity (Wildman–Crippen MR) is 208 cm³/mol. The van der Waals surface area contributed by atoms with E-state index in [4.69, 9.17) is 8.83 Å². The summed E-state index contributed by atoms with van der Waals surface area (Å²) in [7, 11) is -0.0660. The van der Waals surface area contributed by atoms with E-state index in [2.05, 4.69) is 167 Å². The van der Waals surface area contributed by atoms with Crippen LogP contribution in [0.5, 0.6) is 0 Å². The summed E-state index contributed by atoms with van der Waals surface area (Å²) in [6.07, 6.45) is 8.66. The van der Waals surface area contributed by atoms with E-state index in [0.717, 1.165) is 72.4 Å². The lowest BCUT2D eigenvalue weighted by Crippen LogP contribution is -2.10. The minimum atomic E-state index is -0.0660. The van der Waals surface area contributed by atoms with Gasteiger partial charge in [0.15, 0.2) is 0 Å². The Balaban J connectivity index is 1.17. The Hall–Kier alpha value is -6.10. The number of hydrogen-bond donors (Lipinski definition) is 0. The van der Waals surface area contributed by atoms with E-state index in [-0.39, 0.29) is 10.5 Å². The van der Waals surface area contributed by atoms with Gasteiger partial charge in [-0.3, -0.25) is 0 Å². The maximum absolute atomic E-state index is 6.58. The fourth-order valence-electron chi connectivity index (χ4n) is 7.24. The van der Waals surface area contributed by atoms with Crippen LogP contribution in [0, 0.1) is 0 Å². The van der Waals surface area contributed by atoms with Gasteiger partial charge in [0.25, 0.3) is 0 Å². The van der Waals surface area contributed by atoms with Crippen LogP contribution in [0.4, 0.5) is 17.1 Å². The minimum absolute atomic E-state index is 0.0660. The Morgan fingerprint density at radius 3 is 2.12 bits per heavy atom. The molecule has 4 heterocycles. The third kappa shape index (κ3) is 4.56. The zero-order valence-electron chi connectivity index (χ0n) is 26.4. The highest BCUT2D eigenvalue weighted by molar-refractivity contribution is 8.21. The van der Waals surface area contributed by atoms with Crippen molar-refractivity contribution >= 4 is 71.4 Å². The molecule has 1 atom stereocenters. The van der Waals surface area contributed by atoms with Crippen molar-refractivity contribution < 1.29 is 8.83 Å². The van der Waals surface area contributed by atoms with Gasteiger partial charge in [-0.15, -0.1) is 10.5 Å². The van der Waals surface area contributed by atoms with Gasteiger partial charge in [0.05, 0.1) is 11.1 Å². The average molecular weight is 648 g/mol. The third-order valence-electron chi connectivity index (χ3n) is 9.46. The SMILES string of the molecule is C1=CC2=S(C=C1)C=Cc1c2oc2cccc(-c3cccc(N(c4ccc(-c5ccccc5)cc4)c4cccc5oc6ccccc6c45)c3)c12. The Labute approximate surface area is 286 Å². The lowest BCUT2D eigenvalue weighted by molar-refractivity contribution is 0.606. The first-order valence-electron chi connectivity index (χ1n) is 16.4. The molecule has 10 rings (SSSR count). The maximum Gasteiger partial charge on any atom is 0.148 e. The van der Waals surface area contributed by atoms with Crippen molar-refractivity contribution in [3.05, 3.63) is 180 Å². The molecule has 0 fully saturated rings. The second kappa shape index (κ2) is 11.3. The molecule has 232 valence electrons. The molecule has 0 saturated carbocycles. The topological polar surface area (TPSA) is 29.5 Å². The molecule has 49 heavy (non-hydrogen) atoms. The van der Waals surface area contributed by atoms with E-state index in [0.29, 0.717) is 0 Å². The summed E-state index contributed by atoms with van der Waals surface area (Å²) in [5.74, 6) is 0.976. The summed E-state index contributed by atoms with van der Waals surface area (Å²) in [5, 5.41) is 7.88. The van der Waals surface area contributed by atoms with Crippen molar-refractivity contribution in [1.29, 1.82) is 0 Å². The lowest BCUT2D eigenvalue weighted by Gasteiger charge is -2.27. The van der Waals surface area contributed by atoms with Gasteiger partial charge in [0.1, 0.15) is 22.5 Å². The van der Waals surface area contributed by atoms with E-state index < -0.39 is 0 Å². The molecule has 0 saturated heterocycles. The number of rotatable bonds is 5. The van der Waals surface area contributed by atoms with Crippen LogP contribution in [0.2, 0.25) is 0 Å². The van der Waals surface area contributed by atoms with Crippen molar-refractivity contribution in [2.24, 2.45) is 0 Å². The number of allylic oxidation sites excluding steroid dienone is 3. The first-order chi connectivity index (χ1) is 24.3. The molecule has 1 unspecified atom stereocenters. The first kappa shape index (κ1) is 28.0. The molecule has 0 amide bonds. The van der Waals surface area contributed by atoms with E-state index in [1.165, 1.54) is 16.0 Å². The Kier molecular flexibility index (Phi) is 6.42. The molecule has 0 aliphatic carbocycles. The molecule has 0 bridgehead atoms. The van der Waals surface area contributed by atoms with E-state index in [1.54, 1.807) is 0 Å². The second-order valence-corrected chi connectivity index (χ2v) is 14.0. The maximum atomic E-state index is 6.58. The quantitative estimate of drug-likeness (QED) is 0.174. The van der Waals surface area contributed by atoms with Crippen molar-refractivity contribution in [1.82, 2.24) is 0 Å². The van der Waals surface area contributed by atoms with Crippen molar-refractivity contribution in [3.63, 3.8) is 0 Å². The van der Waals surface area contributed by atoms with E-state index >= 15 is 0 Å². The summed E-state index contributed by atoms with van der Waals surface area (Å²) in [6.45, 7) is 0. The van der Waals surface area contributed by atoms with Crippen LogP contribution in [-0.2, 0) is 0 Å². The lowest BCUT2D eigenvalue weighted by atomic mass is 9.97. The molecule has 0 spiro atoms. The number of anilines is 3. The number of nitrogens with zero attached hydrogens (tertiary/aromatic N) is 1. The third-order valence-corrected chi connectivity index (χ3v) is 11.2. The van der Waals surface area contributed by atoms with Crippen LogP contribution in [0.1, 0.15) is 11.3 Å². The number of benzene rings is 6. The zero-order chi connectivity index (χ0) is 32.3. The highest BCUT2D eigenvalue weighted by Crippen LogP contribution is 2.46. The van der Waals surface area contributed by atoms with Gasteiger partial charge in [-0.05, 0) is 93.8 Å². The summed E-state index contributed by atoms with van der Waals surface area (Å²) in [4.78, 5) is 3.59. The van der Waals surface area contributed by atoms with Gasteiger partial charge >= 0.3 is 0 Å². The molecule has 0 N–H and O–H groups in total. The molecule has 2 aliphatic rings. The van der Waals surface area contributed by atoms with Gasteiger partial charge in [0.2, 0.25) is 0 Å². The van der Waals surface area contributed by atoms with Crippen molar-refractivity contribution in [3.8, 4) is 22.3 Å². The van der Waals surface area contributed by atoms with Crippen LogP contribution in [-0.4, -0.2) is 4.86 Å². The number of hydrogen-bond acceptors (Lipinski definition) is 3. The molecule has 8 aromatic rings. The largest absolute Gasteiger partial charge is 0.456 e. The molecule has 2 aliphatic heterocycles. The van der Waals surface area contributed by atoms with Crippen LogP contribution >= 0.6 is 10.5 Å². The standard InChI is InChI=1S/C45H29NO2S/c1-2-11-30(12-3-1)31-22-24-33(25-23-31)46(38-17-10-20-41-44(38)36-15-4-5-18-39(36)47-41)34-14-8-13-32(29-34)35-16-9-19-40-43(35)37-26-28-49-27-7-6-21-42(49)45(37)48-40/h1-29H. The molecule has 4 heteroatoms. The van der Waals surface area contributed by atoms with Gasteiger partial charge in [0, 0.05) is 32.6 Å². The highest BCUT2D eigenvalue weighted by Gasteiger charge is 2.24. The molecule has 3 nitrogen and oxygen atoms in total. The van der Waals surface area contributed by atoms with Crippen molar-refractivity contribution in [2.75, 3.05) is 4.90 Å². The second-order valence-electron chi connectivity index (χ2n) is 12.3. The van der Waals surface area contributed by atoms with Crippen LogP contribution in [0.25, 0.3) is 61.2 Å². The molecular formula is C45H29NO2S. The highest BCUT2D eigenvalue weighted by atomic mass is 32.2.